The maximum Gasteiger partial charge on any atom is 0.401 e. The minimum absolute atomic E-state index is 0.170. The molecule has 7 nitrogen and oxygen atoms in total. The second-order valence-corrected chi connectivity index (χ2v) is 8.19. The first kappa shape index (κ1) is 24.5. The van der Waals surface area contributed by atoms with E-state index in [2.05, 4.69) is 15.4 Å². The normalized spacial score (nSPS) is 12.6. The van der Waals surface area contributed by atoms with Gasteiger partial charge >= 0.3 is 6.18 Å². The molecule has 0 aliphatic carbocycles. The zero-order valence-corrected chi connectivity index (χ0v) is 19.6. The van der Waals surface area contributed by atoms with Crippen LogP contribution in [0.2, 0.25) is 0 Å². The molecule has 0 fully saturated rings. The fourth-order valence-corrected chi connectivity index (χ4v) is 3.97. The van der Waals surface area contributed by atoms with Crippen molar-refractivity contribution < 1.29 is 22.6 Å². The number of ether oxygens (including phenoxy) is 2. The molecule has 1 unspecified atom stereocenters. The Hall–Kier alpha value is -3.66. The number of hydrogen-bond acceptors (Lipinski definition) is 6. The molecule has 0 saturated heterocycles. The van der Waals surface area contributed by atoms with Gasteiger partial charge < -0.3 is 14.8 Å². The number of fused-ring (bicyclic) bond motifs is 1. The Morgan fingerprint density at radius 3 is 2.34 bits per heavy atom. The second-order valence-electron chi connectivity index (χ2n) is 8.19. The molecule has 2 aromatic carbocycles. The Morgan fingerprint density at radius 2 is 1.71 bits per heavy atom. The van der Waals surface area contributed by atoms with E-state index in [9.17, 15) is 13.2 Å². The van der Waals surface area contributed by atoms with Crippen LogP contribution in [0.3, 0.4) is 0 Å². The lowest BCUT2D eigenvalue weighted by atomic mass is 9.88. The Kier molecular flexibility index (Phi) is 7.20. The molecule has 0 aliphatic rings. The quantitative estimate of drug-likeness (QED) is 0.346. The molecule has 184 valence electrons. The molecule has 0 amide bonds. The SMILES string of the molecule is COc1cc(OC)cc(C(CCNCC(F)(F)F)c2ccc3ncc(-c4cnn(C)c4)nc3c2)c1. The Balaban J connectivity index is 1.71. The van der Waals surface area contributed by atoms with E-state index in [0.29, 0.717) is 29.1 Å². The first-order valence-corrected chi connectivity index (χ1v) is 11.0. The summed E-state index contributed by atoms with van der Waals surface area (Å²) in [5.41, 5.74) is 4.71. The molecule has 4 aromatic rings. The van der Waals surface area contributed by atoms with Crippen molar-refractivity contribution in [1.82, 2.24) is 25.1 Å². The van der Waals surface area contributed by atoms with Crippen LogP contribution in [0, 0.1) is 0 Å². The van der Waals surface area contributed by atoms with E-state index in [0.717, 1.165) is 22.2 Å². The van der Waals surface area contributed by atoms with Crippen molar-refractivity contribution in [3.8, 4) is 22.8 Å². The van der Waals surface area contributed by atoms with Crippen LogP contribution in [0.4, 0.5) is 13.2 Å². The monoisotopic (exact) mass is 485 g/mol. The van der Waals surface area contributed by atoms with E-state index in [1.807, 2.05) is 43.6 Å². The third-order valence-electron chi connectivity index (χ3n) is 5.68. The molecule has 35 heavy (non-hydrogen) atoms. The number of nitrogens with one attached hydrogen (secondary N) is 1. The van der Waals surface area contributed by atoms with Gasteiger partial charge in [0.2, 0.25) is 0 Å². The number of aryl methyl sites for hydroxylation is 1. The van der Waals surface area contributed by atoms with Crippen LogP contribution >= 0.6 is 0 Å². The van der Waals surface area contributed by atoms with Crippen molar-refractivity contribution in [2.45, 2.75) is 18.5 Å². The van der Waals surface area contributed by atoms with Crippen molar-refractivity contribution in [3.05, 3.63) is 66.1 Å². The van der Waals surface area contributed by atoms with Gasteiger partial charge in [-0.3, -0.25) is 9.67 Å². The van der Waals surface area contributed by atoms with E-state index in [1.165, 1.54) is 0 Å². The largest absolute Gasteiger partial charge is 0.497 e. The smallest absolute Gasteiger partial charge is 0.401 e. The average Bonchev–Trinajstić information content (AvgIpc) is 3.28. The fraction of sp³-hybridized carbons (Fsp3) is 0.320. The first-order chi connectivity index (χ1) is 16.8. The molecule has 0 spiro atoms. The third-order valence-corrected chi connectivity index (χ3v) is 5.68. The predicted octanol–water partition coefficient (Wildman–Crippen LogP) is 4.72. The lowest BCUT2D eigenvalue weighted by molar-refractivity contribution is -0.124. The summed E-state index contributed by atoms with van der Waals surface area (Å²) in [6.07, 6.45) is 1.43. The van der Waals surface area contributed by atoms with Gasteiger partial charge in [-0.25, -0.2) is 4.98 Å². The summed E-state index contributed by atoms with van der Waals surface area (Å²) in [5.74, 6) is 0.979. The summed E-state index contributed by atoms with van der Waals surface area (Å²) < 4.78 is 50.5. The van der Waals surface area contributed by atoms with Gasteiger partial charge in [-0.15, -0.1) is 0 Å². The molecule has 2 heterocycles. The molecular weight excluding hydrogens is 459 g/mol. The third kappa shape index (κ3) is 6.07. The molecule has 4 rings (SSSR count). The van der Waals surface area contributed by atoms with Gasteiger partial charge in [-0.05, 0) is 48.4 Å². The lowest BCUT2D eigenvalue weighted by Crippen LogP contribution is -2.30. The van der Waals surface area contributed by atoms with Gasteiger partial charge in [0, 0.05) is 30.8 Å². The summed E-state index contributed by atoms with van der Waals surface area (Å²) >= 11 is 0. The number of hydrogen-bond donors (Lipinski definition) is 1. The van der Waals surface area contributed by atoms with E-state index in [4.69, 9.17) is 14.5 Å². The van der Waals surface area contributed by atoms with E-state index in [-0.39, 0.29) is 12.5 Å². The van der Waals surface area contributed by atoms with Crippen LogP contribution in [0.25, 0.3) is 22.3 Å². The number of nitrogens with zero attached hydrogens (tertiary/aromatic N) is 4. The van der Waals surface area contributed by atoms with Crippen LogP contribution in [0.15, 0.2) is 55.0 Å². The highest BCUT2D eigenvalue weighted by molar-refractivity contribution is 5.78. The zero-order chi connectivity index (χ0) is 25.0. The summed E-state index contributed by atoms with van der Waals surface area (Å²) in [4.78, 5) is 9.28. The maximum absolute atomic E-state index is 12.7. The van der Waals surface area contributed by atoms with Crippen LogP contribution < -0.4 is 14.8 Å². The Bertz CT molecular complexity index is 1280. The van der Waals surface area contributed by atoms with Crippen molar-refractivity contribution >= 4 is 11.0 Å². The van der Waals surface area contributed by atoms with Gasteiger partial charge in [0.05, 0.1) is 49.9 Å². The van der Waals surface area contributed by atoms with Gasteiger partial charge in [-0.2, -0.15) is 18.3 Å². The Morgan fingerprint density at radius 1 is 0.971 bits per heavy atom. The predicted molar refractivity (Wildman–Crippen MR) is 127 cm³/mol. The van der Waals surface area contributed by atoms with Crippen molar-refractivity contribution in [1.29, 1.82) is 0 Å². The standard InChI is InChI=1S/C25H26F3N5O2/c1-33-14-18(12-31-33)24-13-30-22-5-4-16(10-23(22)32-24)21(6-7-29-15-25(26,27)28)17-8-19(34-2)11-20(9-17)35-3/h4-5,8-14,21,29H,6-7,15H2,1-3H3. The van der Waals surface area contributed by atoms with Crippen LogP contribution in [0.5, 0.6) is 11.5 Å². The lowest BCUT2D eigenvalue weighted by Gasteiger charge is -2.21. The number of rotatable bonds is 9. The van der Waals surface area contributed by atoms with Gasteiger partial charge in [-0.1, -0.05) is 6.07 Å². The molecule has 1 atom stereocenters. The highest BCUT2D eigenvalue weighted by Crippen LogP contribution is 2.34. The number of methoxy groups -OCH3 is 2. The zero-order valence-electron chi connectivity index (χ0n) is 19.6. The first-order valence-electron chi connectivity index (χ1n) is 11.0. The fourth-order valence-electron chi connectivity index (χ4n) is 3.97. The molecule has 1 N–H and O–H groups in total. The van der Waals surface area contributed by atoms with E-state index < -0.39 is 12.7 Å². The van der Waals surface area contributed by atoms with E-state index in [1.54, 1.807) is 37.4 Å². The number of benzene rings is 2. The van der Waals surface area contributed by atoms with Crippen LogP contribution in [-0.4, -0.2) is 53.2 Å². The maximum atomic E-state index is 12.7. The Labute approximate surface area is 200 Å². The van der Waals surface area contributed by atoms with Gasteiger partial charge in [0.15, 0.2) is 0 Å². The second kappa shape index (κ2) is 10.3. The minimum Gasteiger partial charge on any atom is -0.497 e. The average molecular weight is 486 g/mol. The van der Waals surface area contributed by atoms with Crippen LogP contribution in [-0.2, 0) is 7.05 Å². The topological polar surface area (TPSA) is 74.1 Å². The highest BCUT2D eigenvalue weighted by atomic mass is 19.4. The highest BCUT2D eigenvalue weighted by Gasteiger charge is 2.26. The summed E-state index contributed by atoms with van der Waals surface area (Å²) in [5, 5.41) is 6.69. The van der Waals surface area contributed by atoms with Crippen molar-refractivity contribution in [2.75, 3.05) is 27.3 Å². The van der Waals surface area contributed by atoms with Crippen molar-refractivity contribution in [2.24, 2.45) is 7.05 Å². The van der Waals surface area contributed by atoms with E-state index >= 15 is 0 Å². The summed E-state index contributed by atoms with van der Waals surface area (Å²) in [6, 6.07) is 11.2. The number of alkyl halides is 3. The summed E-state index contributed by atoms with van der Waals surface area (Å²) in [6.45, 7) is -0.873. The number of halogens is 3. The molecule has 0 bridgehead atoms. The van der Waals surface area contributed by atoms with Crippen molar-refractivity contribution in [3.63, 3.8) is 0 Å². The molecule has 0 radical (unpaired) electrons. The van der Waals surface area contributed by atoms with Gasteiger partial charge in [0.25, 0.3) is 0 Å². The minimum atomic E-state index is -4.27. The molecule has 0 aliphatic heterocycles. The molecule has 2 aromatic heterocycles. The number of aromatic nitrogens is 4. The van der Waals surface area contributed by atoms with Gasteiger partial charge in [0.1, 0.15) is 11.5 Å². The molecular formula is C25H26F3N5O2. The van der Waals surface area contributed by atoms with Crippen LogP contribution in [0.1, 0.15) is 23.5 Å². The molecule has 10 heteroatoms. The summed E-state index contributed by atoms with van der Waals surface area (Å²) in [7, 11) is 4.95. The molecule has 0 saturated carbocycles.